The lowest BCUT2D eigenvalue weighted by atomic mass is 10.1. The summed E-state index contributed by atoms with van der Waals surface area (Å²) in [7, 11) is 0. The first-order valence-electron chi connectivity index (χ1n) is 6.36. The highest BCUT2D eigenvalue weighted by atomic mass is 16.6. The Morgan fingerprint density at radius 1 is 1.29 bits per heavy atom. The van der Waals surface area contributed by atoms with E-state index in [1.54, 1.807) is 0 Å². The van der Waals surface area contributed by atoms with Gasteiger partial charge in [0, 0.05) is 0 Å². The zero-order valence-electron chi connectivity index (χ0n) is 10.3. The summed E-state index contributed by atoms with van der Waals surface area (Å²) in [6.45, 7) is 2.85. The molecule has 1 unspecified atom stereocenters. The van der Waals surface area contributed by atoms with E-state index in [9.17, 15) is 0 Å². The Bertz CT molecular complexity index is 362. The fourth-order valence-corrected chi connectivity index (χ4v) is 2.02. The molecular weight excluding hydrogens is 216 g/mol. The lowest BCUT2D eigenvalue weighted by Gasteiger charge is -2.26. The molecule has 0 fully saturated rings. The molecule has 3 nitrogen and oxygen atoms in total. The molecule has 1 atom stereocenters. The van der Waals surface area contributed by atoms with Gasteiger partial charge < -0.3 is 14.6 Å². The molecule has 0 radical (unpaired) electrons. The molecule has 1 N–H and O–H groups in total. The molecule has 3 heteroatoms. The Morgan fingerprint density at radius 3 is 2.94 bits per heavy atom. The lowest BCUT2D eigenvalue weighted by Crippen LogP contribution is -2.29. The van der Waals surface area contributed by atoms with E-state index in [0.29, 0.717) is 6.61 Å². The Morgan fingerprint density at radius 2 is 2.18 bits per heavy atom. The number of aliphatic hydroxyl groups is 1. The number of benzene rings is 1. The second-order valence-corrected chi connectivity index (χ2v) is 4.49. The molecule has 0 aliphatic carbocycles. The molecule has 0 bridgehead atoms. The molecule has 0 saturated heterocycles. The molecule has 94 valence electrons. The molecule has 1 aromatic rings. The van der Waals surface area contributed by atoms with Gasteiger partial charge in [0.2, 0.25) is 0 Å². The summed E-state index contributed by atoms with van der Waals surface area (Å²) in [6.07, 6.45) is 4.89. The minimum atomic E-state index is 0.0383. The highest BCUT2D eigenvalue weighted by Gasteiger charge is 2.20. The van der Waals surface area contributed by atoms with Crippen LogP contribution in [-0.4, -0.2) is 17.8 Å². The van der Waals surface area contributed by atoms with Gasteiger partial charge in [0.25, 0.3) is 0 Å². The maximum absolute atomic E-state index is 9.04. The van der Waals surface area contributed by atoms with E-state index in [0.717, 1.165) is 23.5 Å². The van der Waals surface area contributed by atoms with Crippen molar-refractivity contribution in [2.75, 3.05) is 6.61 Å². The second kappa shape index (κ2) is 5.92. The average Bonchev–Trinajstić information content (AvgIpc) is 2.38. The first-order chi connectivity index (χ1) is 8.33. The van der Waals surface area contributed by atoms with E-state index in [2.05, 4.69) is 6.92 Å². The van der Waals surface area contributed by atoms with Gasteiger partial charge in [-0.05, 0) is 30.5 Å². The van der Waals surface area contributed by atoms with Crippen LogP contribution >= 0.6 is 0 Å². The first kappa shape index (κ1) is 12.2. The molecule has 0 spiro atoms. The van der Waals surface area contributed by atoms with Gasteiger partial charge in [-0.1, -0.05) is 25.8 Å². The van der Waals surface area contributed by atoms with Crippen LogP contribution in [0.3, 0.4) is 0 Å². The third kappa shape index (κ3) is 3.13. The maximum atomic E-state index is 9.04. The van der Waals surface area contributed by atoms with Gasteiger partial charge in [-0.25, -0.2) is 0 Å². The zero-order chi connectivity index (χ0) is 12.1. The van der Waals surface area contributed by atoms with Crippen LogP contribution in [0.15, 0.2) is 18.2 Å². The molecule has 2 rings (SSSR count). The number of rotatable bonds is 5. The summed E-state index contributed by atoms with van der Waals surface area (Å²) in [6, 6.07) is 5.60. The molecule has 0 saturated carbocycles. The standard InChI is InChI=1S/C14H20O3/c1-2-3-4-5-12-10-16-14-8-11(9-15)6-7-13(14)17-12/h6-8,12,15H,2-5,9-10H2,1H3. The number of hydrogen-bond donors (Lipinski definition) is 1. The Kier molecular flexibility index (Phi) is 4.26. The summed E-state index contributed by atoms with van der Waals surface area (Å²) in [5.74, 6) is 1.55. The van der Waals surface area contributed by atoms with Gasteiger partial charge in [0.05, 0.1) is 6.61 Å². The van der Waals surface area contributed by atoms with Crippen LogP contribution in [0.25, 0.3) is 0 Å². The number of aliphatic hydroxyl groups excluding tert-OH is 1. The largest absolute Gasteiger partial charge is 0.486 e. The van der Waals surface area contributed by atoms with E-state index in [-0.39, 0.29) is 12.7 Å². The second-order valence-electron chi connectivity index (χ2n) is 4.49. The normalized spacial score (nSPS) is 18.1. The van der Waals surface area contributed by atoms with Crippen LogP contribution in [0.4, 0.5) is 0 Å². The van der Waals surface area contributed by atoms with E-state index in [4.69, 9.17) is 14.6 Å². The van der Waals surface area contributed by atoms with Crippen molar-refractivity contribution in [1.29, 1.82) is 0 Å². The summed E-state index contributed by atoms with van der Waals surface area (Å²) in [5.41, 5.74) is 0.858. The SMILES string of the molecule is CCCCCC1COc2cc(CO)ccc2O1. The van der Waals surface area contributed by atoms with Crippen LogP contribution in [-0.2, 0) is 6.61 Å². The number of hydrogen-bond acceptors (Lipinski definition) is 3. The lowest BCUT2D eigenvalue weighted by molar-refractivity contribution is 0.0826. The number of fused-ring (bicyclic) bond motifs is 1. The summed E-state index contributed by atoms with van der Waals surface area (Å²) < 4.78 is 11.5. The molecular formula is C14H20O3. The van der Waals surface area contributed by atoms with Crippen molar-refractivity contribution >= 4 is 0 Å². The van der Waals surface area contributed by atoms with Crippen LogP contribution in [0.2, 0.25) is 0 Å². The number of unbranched alkanes of at least 4 members (excludes halogenated alkanes) is 2. The van der Waals surface area contributed by atoms with Gasteiger partial charge in [-0.3, -0.25) is 0 Å². The molecule has 0 aromatic heterocycles. The Hall–Kier alpha value is -1.22. The van der Waals surface area contributed by atoms with Gasteiger partial charge in [0.1, 0.15) is 12.7 Å². The quantitative estimate of drug-likeness (QED) is 0.799. The highest BCUT2D eigenvalue weighted by molar-refractivity contribution is 5.43. The predicted octanol–water partition coefficient (Wildman–Crippen LogP) is 2.90. The smallest absolute Gasteiger partial charge is 0.161 e. The van der Waals surface area contributed by atoms with Crippen molar-refractivity contribution in [3.63, 3.8) is 0 Å². The van der Waals surface area contributed by atoms with Crippen molar-refractivity contribution in [1.82, 2.24) is 0 Å². The van der Waals surface area contributed by atoms with Gasteiger partial charge in [-0.2, -0.15) is 0 Å². The average molecular weight is 236 g/mol. The topological polar surface area (TPSA) is 38.7 Å². The van der Waals surface area contributed by atoms with Crippen LogP contribution in [0, 0.1) is 0 Å². The van der Waals surface area contributed by atoms with E-state index in [1.807, 2.05) is 18.2 Å². The molecule has 17 heavy (non-hydrogen) atoms. The third-order valence-corrected chi connectivity index (χ3v) is 3.04. The monoisotopic (exact) mass is 236 g/mol. The minimum Gasteiger partial charge on any atom is -0.486 e. The maximum Gasteiger partial charge on any atom is 0.161 e. The van der Waals surface area contributed by atoms with Crippen LogP contribution < -0.4 is 9.47 Å². The van der Waals surface area contributed by atoms with Crippen molar-refractivity contribution in [3.8, 4) is 11.5 Å². The number of ether oxygens (including phenoxy) is 2. The van der Waals surface area contributed by atoms with E-state index < -0.39 is 0 Å². The van der Waals surface area contributed by atoms with Crippen LogP contribution in [0.1, 0.15) is 38.2 Å². The van der Waals surface area contributed by atoms with Gasteiger partial charge in [-0.15, -0.1) is 0 Å². The third-order valence-electron chi connectivity index (χ3n) is 3.04. The van der Waals surface area contributed by atoms with Crippen LogP contribution in [0.5, 0.6) is 11.5 Å². The fourth-order valence-electron chi connectivity index (χ4n) is 2.02. The first-order valence-corrected chi connectivity index (χ1v) is 6.36. The molecule has 1 aliphatic rings. The zero-order valence-corrected chi connectivity index (χ0v) is 10.3. The fraction of sp³-hybridized carbons (Fsp3) is 0.571. The van der Waals surface area contributed by atoms with E-state index >= 15 is 0 Å². The van der Waals surface area contributed by atoms with Crippen molar-refractivity contribution in [2.45, 2.75) is 45.3 Å². The van der Waals surface area contributed by atoms with Gasteiger partial charge >= 0.3 is 0 Å². The van der Waals surface area contributed by atoms with Crippen molar-refractivity contribution in [3.05, 3.63) is 23.8 Å². The predicted molar refractivity (Wildman–Crippen MR) is 66.4 cm³/mol. The summed E-state index contributed by atoms with van der Waals surface area (Å²) >= 11 is 0. The Balaban J connectivity index is 1.94. The Labute approximate surface area is 102 Å². The molecule has 0 amide bonds. The molecule has 1 heterocycles. The summed E-state index contributed by atoms with van der Waals surface area (Å²) in [4.78, 5) is 0. The summed E-state index contributed by atoms with van der Waals surface area (Å²) in [5, 5.41) is 9.04. The van der Waals surface area contributed by atoms with E-state index in [1.165, 1.54) is 19.3 Å². The van der Waals surface area contributed by atoms with Crippen molar-refractivity contribution < 1.29 is 14.6 Å². The van der Waals surface area contributed by atoms with Crippen molar-refractivity contribution in [2.24, 2.45) is 0 Å². The highest BCUT2D eigenvalue weighted by Crippen LogP contribution is 2.33. The molecule has 1 aliphatic heterocycles. The van der Waals surface area contributed by atoms with Gasteiger partial charge in [0.15, 0.2) is 11.5 Å². The molecule has 1 aromatic carbocycles. The minimum absolute atomic E-state index is 0.0383.